The van der Waals surface area contributed by atoms with E-state index in [0.717, 1.165) is 0 Å². The quantitative estimate of drug-likeness (QED) is 0.763. The maximum atomic E-state index is 11.6. The largest absolute Gasteiger partial charge is 0.478 e. The summed E-state index contributed by atoms with van der Waals surface area (Å²) in [5.74, 6) is 0.0813. The number of ether oxygens (including phenoxy) is 1. The summed E-state index contributed by atoms with van der Waals surface area (Å²) in [4.78, 5) is 22.8. The Bertz CT molecular complexity index is 431. The second-order valence-electron chi connectivity index (χ2n) is 3.47. The highest BCUT2D eigenvalue weighted by molar-refractivity contribution is 5.99. The lowest BCUT2D eigenvalue weighted by Crippen LogP contribution is -2.40. The number of anilines is 1. The summed E-state index contributed by atoms with van der Waals surface area (Å²) in [6, 6.07) is 7.13. The van der Waals surface area contributed by atoms with Crippen molar-refractivity contribution in [3.8, 4) is 5.75 Å². The topological polar surface area (TPSA) is 67.4 Å². The third kappa shape index (κ3) is 1.98. The molecule has 0 spiro atoms. The van der Waals surface area contributed by atoms with Crippen molar-refractivity contribution < 1.29 is 14.3 Å². The van der Waals surface area contributed by atoms with Gasteiger partial charge in [-0.2, -0.15) is 0 Å². The van der Waals surface area contributed by atoms with Gasteiger partial charge >= 0.3 is 0 Å². The molecular weight excluding hydrogens is 208 g/mol. The van der Waals surface area contributed by atoms with Gasteiger partial charge in [-0.3, -0.25) is 9.59 Å². The molecule has 2 rings (SSSR count). The second-order valence-corrected chi connectivity index (χ2v) is 3.47. The molecule has 0 saturated heterocycles. The lowest BCUT2D eigenvalue weighted by Gasteiger charge is -2.25. The Labute approximate surface area is 92.8 Å². The van der Waals surface area contributed by atoms with E-state index in [1.807, 2.05) is 12.1 Å². The number of fused-ring (bicyclic) bond motifs is 1. The van der Waals surface area contributed by atoms with Crippen LogP contribution in [-0.4, -0.2) is 25.0 Å². The van der Waals surface area contributed by atoms with Gasteiger partial charge in [-0.1, -0.05) is 12.1 Å². The van der Waals surface area contributed by atoms with Crippen LogP contribution in [0.3, 0.4) is 0 Å². The molecule has 5 heteroatoms. The number of hydrogen-bond donors (Lipinski definition) is 2. The first kappa shape index (κ1) is 10.5. The number of carbonyl (C=O) groups is 2. The summed E-state index contributed by atoms with van der Waals surface area (Å²) >= 11 is 0. The fourth-order valence-corrected chi connectivity index (χ4v) is 1.50. The minimum Gasteiger partial charge on any atom is -0.478 e. The molecule has 84 valence electrons. The molecule has 0 aliphatic carbocycles. The van der Waals surface area contributed by atoms with Gasteiger partial charge in [0.05, 0.1) is 12.1 Å². The molecule has 1 aliphatic rings. The number of amides is 2. The molecule has 1 atom stereocenters. The van der Waals surface area contributed by atoms with E-state index < -0.39 is 6.10 Å². The molecule has 0 aromatic heterocycles. The minimum absolute atomic E-state index is 0.0245. The highest BCUT2D eigenvalue weighted by atomic mass is 16.5. The Hall–Kier alpha value is -2.04. The van der Waals surface area contributed by atoms with Gasteiger partial charge in [0.2, 0.25) is 5.91 Å². The van der Waals surface area contributed by atoms with E-state index in [1.165, 1.54) is 7.05 Å². The summed E-state index contributed by atoms with van der Waals surface area (Å²) < 4.78 is 5.44. The summed E-state index contributed by atoms with van der Waals surface area (Å²) in [5, 5.41) is 5.15. The van der Waals surface area contributed by atoms with Crippen molar-refractivity contribution in [2.45, 2.75) is 12.5 Å². The van der Waals surface area contributed by atoms with Crippen LogP contribution in [-0.2, 0) is 9.59 Å². The monoisotopic (exact) mass is 220 g/mol. The number of nitrogens with one attached hydrogen (secondary N) is 2. The van der Waals surface area contributed by atoms with Gasteiger partial charge in [-0.25, -0.2) is 0 Å². The molecular formula is C11H12N2O3. The molecule has 5 nitrogen and oxygen atoms in total. The Morgan fingerprint density at radius 3 is 3.00 bits per heavy atom. The number of benzene rings is 1. The van der Waals surface area contributed by atoms with Gasteiger partial charge in [0.15, 0.2) is 6.10 Å². The maximum absolute atomic E-state index is 11.6. The molecule has 1 heterocycles. The maximum Gasteiger partial charge on any atom is 0.266 e. The lowest BCUT2D eigenvalue weighted by atomic mass is 10.1. The molecule has 0 saturated carbocycles. The van der Waals surface area contributed by atoms with Gasteiger partial charge in [0.25, 0.3) is 5.91 Å². The van der Waals surface area contributed by atoms with Crippen molar-refractivity contribution in [2.75, 3.05) is 12.4 Å². The van der Waals surface area contributed by atoms with Crippen molar-refractivity contribution in [1.29, 1.82) is 0 Å². The zero-order valence-electron chi connectivity index (χ0n) is 8.82. The third-order valence-corrected chi connectivity index (χ3v) is 2.36. The highest BCUT2D eigenvalue weighted by Crippen LogP contribution is 2.29. The smallest absolute Gasteiger partial charge is 0.266 e. The predicted molar refractivity (Wildman–Crippen MR) is 58.2 cm³/mol. The van der Waals surface area contributed by atoms with Crippen molar-refractivity contribution in [1.82, 2.24) is 5.32 Å². The van der Waals surface area contributed by atoms with Crippen LogP contribution in [0.2, 0.25) is 0 Å². The van der Waals surface area contributed by atoms with E-state index in [9.17, 15) is 9.59 Å². The SMILES string of the molecule is CNC(=O)CC1Oc2ccccc2NC1=O. The van der Waals surface area contributed by atoms with E-state index in [1.54, 1.807) is 12.1 Å². The lowest BCUT2D eigenvalue weighted by molar-refractivity contribution is -0.130. The van der Waals surface area contributed by atoms with Crippen LogP contribution in [0.25, 0.3) is 0 Å². The Morgan fingerprint density at radius 2 is 2.25 bits per heavy atom. The number of para-hydroxylation sites is 2. The summed E-state index contributed by atoms with van der Waals surface area (Å²) in [5.41, 5.74) is 0.639. The van der Waals surface area contributed by atoms with Gasteiger partial charge in [-0.15, -0.1) is 0 Å². The fourth-order valence-electron chi connectivity index (χ4n) is 1.50. The second kappa shape index (κ2) is 4.22. The standard InChI is InChI=1S/C11H12N2O3/c1-12-10(14)6-9-11(15)13-7-4-2-3-5-8(7)16-9/h2-5,9H,6H2,1H3,(H,12,14)(H,13,15). The predicted octanol–water partition coefficient (Wildman–Crippen LogP) is 0.522. The van der Waals surface area contributed by atoms with Crippen LogP contribution in [0.1, 0.15) is 6.42 Å². The van der Waals surface area contributed by atoms with E-state index >= 15 is 0 Å². The number of hydrogen-bond acceptors (Lipinski definition) is 3. The van der Waals surface area contributed by atoms with E-state index in [-0.39, 0.29) is 18.2 Å². The Morgan fingerprint density at radius 1 is 1.50 bits per heavy atom. The molecule has 0 fully saturated rings. The van der Waals surface area contributed by atoms with Crippen molar-refractivity contribution in [3.05, 3.63) is 24.3 Å². The van der Waals surface area contributed by atoms with Crippen LogP contribution in [0.5, 0.6) is 5.75 Å². The van der Waals surface area contributed by atoms with Gasteiger partial charge < -0.3 is 15.4 Å². The minimum atomic E-state index is -0.755. The molecule has 1 aromatic rings. The van der Waals surface area contributed by atoms with Crippen LogP contribution in [0.4, 0.5) is 5.69 Å². The summed E-state index contributed by atoms with van der Waals surface area (Å²) in [6.45, 7) is 0. The molecule has 0 radical (unpaired) electrons. The van der Waals surface area contributed by atoms with Gasteiger partial charge in [0.1, 0.15) is 5.75 Å². The first-order chi connectivity index (χ1) is 7.70. The molecule has 0 bridgehead atoms. The molecule has 1 aliphatic heterocycles. The molecule has 16 heavy (non-hydrogen) atoms. The number of rotatable bonds is 2. The highest BCUT2D eigenvalue weighted by Gasteiger charge is 2.28. The van der Waals surface area contributed by atoms with Crippen molar-refractivity contribution in [2.24, 2.45) is 0 Å². The molecule has 2 amide bonds. The average Bonchev–Trinajstić information content (AvgIpc) is 2.30. The Kier molecular flexibility index (Phi) is 2.76. The number of carbonyl (C=O) groups excluding carboxylic acids is 2. The van der Waals surface area contributed by atoms with Crippen LogP contribution in [0.15, 0.2) is 24.3 Å². The summed E-state index contributed by atoms with van der Waals surface area (Å²) in [7, 11) is 1.52. The molecule has 2 N–H and O–H groups in total. The fraction of sp³-hybridized carbons (Fsp3) is 0.273. The Balaban J connectivity index is 2.15. The third-order valence-electron chi connectivity index (χ3n) is 2.36. The normalized spacial score (nSPS) is 18.1. The van der Waals surface area contributed by atoms with Crippen LogP contribution >= 0.6 is 0 Å². The van der Waals surface area contributed by atoms with E-state index in [2.05, 4.69) is 10.6 Å². The van der Waals surface area contributed by atoms with E-state index in [4.69, 9.17) is 4.74 Å². The van der Waals surface area contributed by atoms with Crippen LogP contribution in [0, 0.1) is 0 Å². The summed E-state index contributed by atoms with van der Waals surface area (Å²) in [6.07, 6.45) is -0.730. The zero-order chi connectivity index (χ0) is 11.5. The van der Waals surface area contributed by atoms with E-state index in [0.29, 0.717) is 11.4 Å². The van der Waals surface area contributed by atoms with Crippen molar-refractivity contribution >= 4 is 17.5 Å². The van der Waals surface area contributed by atoms with Gasteiger partial charge in [-0.05, 0) is 12.1 Å². The first-order valence-corrected chi connectivity index (χ1v) is 4.98. The van der Waals surface area contributed by atoms with Crippen molar-refractivity contribution in [3.63, 3.8) is 0 Å². The zero-order valence-corrected chi connectivity index (χ0v) is 8.82. The first-order valence-electron chi connectivity index (χ1n) is 4.98. The molecule has 1 aromatic carbocycles. The van der Waals surface area contributed by atoms with Crippen LogP contribution < -0.4 is 15.4 Å². The molecule has 1 unspecified atom stereocenters. The van der Waals surface area contributed by atoms with Gasteiger partial charge in [0, 0.05) is 7.05 Å². The average molecular weight is 220 g/mol.